The average Bonchev–Trinajstić information content (AvgIpc) is 3.43. The number of carbonyl (C=O) groups excluding carboxylic acids is 2. The molecular formula is C71H144N6O8S6. The first kappa shape index (κ1) is 91.2. The molecule has 0 saturated heterocycles. The summed E-state index contributed by atoms with van der Waals surface area (Å²) in [7, 11) is 0. The van der Waals surface area contributed by atoms with Crippen molar-refractivity contribution in [3.63, 3.8) is 0 Å². The lowest BCUT2D eigenvalue weighted by Crippen LogP contribution is -2.56. The third-order valence-electron chi connectivity index (χ3n) is 16.8. The van der Waals surface area contributed by atoms with Crippen molar-refractivity contribution in [3.8, 4) is 0 Å². The fourth-order valence-electron chi connectivity index (χ4n) is 11.1. The van der Waals surface area contributed by atoms with Crippen LogP contribution in [0.25, 0.3) is 0 Å². The van der Waals surface area contributed by atoms with Crippen LogP contribution in [0.4, 0.5) is 0 Å². The molecule has 14 nitrogen and oxygen atoms in total. The molecule has 20 heteroatoms. The summed E-state index contributed by atoms with van der Waals surface area (Å²) in [5.74, 6) is 0.886. The SMILES string of the molecule is CCCCCCCCCCCCCCCC[C@H](S)OCC(CSCC(N[C@H](S)CCCCCCCCCCCCCCC)C(=S)NC(CO)[C@@H](S)NCCNC(=O)COCCOCCN[C@@H](O)CNC(C)=O)O[C@@H](S)CCCCCCCCCCCCCCCC. The minimum absolute atomic E-state index is 0.0666. The molecule has 8 atom stereocenters. The van der Waals surface area contributed by atoms with Crippen molar-refractivity contribution >= 4 is 91.3 Å². The number of thioether (sulfide) groups is 1. The fraction of sp³-hybridized carbons (Fsp3) is 0.958. The van der Waals surface area contributed by atoms with E-state index < -0.39 is 17.6 Å². The van der Waals surface area contributed by atoms with Crippen LogP contribution in [0.5, 0.6) is 0 Å². The van der Waals surface area contributed by atoms with Crippen LogP contribution < -0.4 is 31.9 Å². The van der Waals surface area contributed by atoms with Crippen molar-refractivity contribution in [2.45, 2.75) is 356 Å². The second-order valence-corrected chi connectivity index (χ2v) is 29.5. The van der Waals surface area contributed by atoms with E-state index in [9.17, 15) is 19.8 Å². The fourth-order valence-corrected chi connectivity index (χ4v) is 13.8. The second-order valence-electron chi connectivity index (χ2n) is 25.7. The number of hydrogen-bond donors (Lipinski definition) is 12. The Morgan fingerprint density at radius 2 is 0.934 bits per heavy atom. The molecule has 0 aliphatic carbocycles. The van der Waals surface area contributed by atoms with Gasteiger partial charge in [0.25, 0.3) is 0 Å². The molecule has 8 N–H and O–H groups in total. The molecule has 0 radical (unpaired) electrons. The molecule has 0 aromatic heterocycles. The van der Waals surface area contributed by atoms with Crippen molar-refractivity contribution < 1.29 is 38.7 Å². The van der Waals surface area contributed by atoms with Gasteiger partial charge in [0.15, 0.2) is 0 Å². The number of unbranched alkanes of at least 4 members (excludes halogenated alkanes) is 38. The Hall–Kier alpha value is 0.220. The van der Waals surface area contributed by atoms with E-state index in [2.05, 4.69) is 52.7 Å². The van der Waals surface area contributed by atoms with Crippen molar-refractivity contribution in [2.75, 3.05) is 77.3 Å². The van der Waals surface area contributed by atoms with Gasteiger partial charge in [-0.3, -0.25) is 20.2 Å². The molecule has 0 fully saturated rings. The van der Waals surface area contributed by atoms with Gasteiger partial charge < -0.3 is 50.4 Å². The van der Waals surface area contributed by atoms with E-state index in [4.69, 9.17) is 81.7 Å². The molecule has 0 spiro atoms. The minimum Gasteiger partial charge on any atom is -0.394 e. The molecule has 0 aliphatic rings. The number of rotatable bonds is 74. The van der Waals surface area contributed by atoms with Crippen LogP contribution >= 0.6 is 74.5 Å². The quantitative estimate of drug-likeness (QED) is 0.0120. The zero-order valence-corrected chi connectivity index (χ0v) is 63.9. The third-order valence-corrected chi connectivity index (χ3v) is 20.1. The first-order valence-electron chi connectivity index (χ1n) is 37.4. The smallest absolute Gasteiger partial charge is 0.246 e. The van der Waals surface area contributed by atoms with Gasteiger partial charge in [-0.25, -0.2) is 0 Å². The minimum atomic E-state index is -0.862. The molecule has 0 aromatic rings. The first-order chi connectivity index (χ1) is 44.4. The van der Waals surface area contributed by atoms with Crippen LogP contribution in [-0.2, 0) is 28.5 Å². The van der Waals surface area contributed by atoms with Crippen molar-refractivity contribution in [1.82, 2.24) is 31.9 Å². The lowest BCUT2D eigenvalue weighted by molar-refractivity contribution is -0.126. The van der Waals surface area contributed by atoms with Crippen molar-refractivity contribution in [3.05, 3.63) is 0 Å². The van der Waals surface area contributed by atoms with Crippen LogP contribution in [0.3, 0.4) is 0 Å². The van der Waals surface area contributed by atoms with Gasteiger partial charge in [-0.15, -0.1) is 25.3 Å². The number of thiocarbonyl (C=S) groups is 1. The molecule has 3 unspecified atom stereocenters. The maximum absolute atomic E-state index is 12.5. The predicted molar refractivity (Wildman–Crippen MR) is 408 cm³/mol. The summed E-state index contributed by atoms with van der Waals surface area (Å²) < 4.78 is 24.1. The van der Waals surface area contributed by atoms with E-state index in [0.29, 0.717) is 49.3 Å². The summed E-state index contributed by atoms with van der Waals surface area (Å²) in [5.41, 5.74) is -0.331. The predicted octanol–water partition coefficient (Wildman–Crippen LogP) is 16.4. The second kappa shape index (κ2) is 71.5. The molecule has 0 heterocycles. The lowest BCUT2D eigenvalue weighted by Gasteiger charge is -2.30. The van der Waals surface area contributed by atoms with Gasteiger partial charge in [-0.2, -0.15) is 37.0 Å². The molecule has 0 aliphatic heterocycles. The van der Waals surface area contributed by atoms with Gasteiger partial charge in [0.1, 0.15) is 23.7 Å². The number of aliphatic hydroxyl groups excluding tert-OH is 2. The van der Waals surface area contributed by atoms with Crippen LogP contribution in [-0.4, -0.2) is 150 Å². The van der Waals surface area contributed by atoms with Gasteiger partial charge in [-0.1, -0.05) is 296 Å². The summed E-state index contributed by atoms with van der Waals surface area (Å²) in [6, 6.07) is -0.744. The topological polar surface area (TPSA) is 184 Å². The molecule has 542 valence electrons. The van der Waals surface area contributed by atoms with Crippen LogP contribution in [0.2, 0.25) is 0 Å². The third kappa shape index (κ3) is 65.9. The number of nitrogens with one attached hydrogen (secondary N) is 6. The molecule has 0 saturated carbocycles. The van der Waals surface area contributed by atoms with Gasteiger partial charge >= 0.3 is 0 Å². The summed E-state index contributed by atoms with van der Waals surface area (Å²) in [4.78, 5) is 24.1. The summed E-state index contributed by atoms with van der Waals surface area (Å²) in [6.45, 7) is 10.5. The lowest BCUT2D eigenvalue weighted by atomic mass is 10.0. The van der Waals surface area contributed by atoms with Crippen LogP contribution in [0.15, 0.2) is 0 Å². The summed E-state index contributed by atoms with van der Waals surface area (Å²) in [6.07, 6.45) is 56.1. The zero-order valence-electron chi connectivity index (χ0n) is 58.7. The number of ether oxygens (including phenoxy) is 4. The Kier molecular flexibility index (Phi) is 71.7. The van der Waals surface area contributed by atoms with E-state index in [1.54, 1.807) is 11.8 Å². The maximum atomic E-state index is 12.5. The highest BCUT2D eigenvalue weighted by atomic mass is 32.2. The van der Waals surface area contributed by atoms with E-state index >= 15 is 0 Å². The molecular weight excluding hydrogens is 1260 g/mol. The molecule has 91 heavy (non-hydrogen) atoms. The highest BCUT2D eigenvalue weighted by Crippen LogP contribution is 2.22. The summed E-state index contributed by atoms with van der Waals surface area (Å²) >= 11 is 27.8. The van der Waals surface area contributed by atoms with Crippen molar-refractivity contribution in [1.29, 1.82) is 0 Å². The first-order valence-corrected chi connectivity index (χ1v) is 41.0. The Labute approximate surface area is 591 Å². The highest BCUT2D eigenvalue weighted by Gasteiger charge is 2.25. The zero-order chi connectivity index (χ0) is 66.7. The van der Waals surface area contributed by atoms with Gasteiger partial charge in [0, 0.05) is 38.1 Å². The highest BCUT2D eigenvalue weighted by molar-refractivity contribution is 7.99. The Morgan fingerprint density at radius 1 is 0.505 bits per heavy atom. The van der Waals surface area contributed by atoms with Gasteiger partial charge in [-0.05, 0) is 19.3 Å². The average molecular weight is 1400 g/mol. The van der Waals surface area contributed by atoms with Crippen LogP contribution in [0.1, 0.15) is 310 Å². The standard InChI is InChI=1S/C71H144N6O8S6/c1-5-8-11-14-17-20-23-26-29-32-35-38-41-44-47-68(87)84-57-62(85-69(88)48-45-42-39-36-33-30-27-24-21-18-15-12-9-6-2)59-91-60-64(76-67(86)46-43-40-37-34-31-28-25-22-19-16-13-10-7-3)71(90)77-63(56-78)70(89)74-50-49-72-66(81)58-83-54-53-82-52-51-73-65(80)55-75-61(4)79/h62-65,67-70,73-74,76,78,80,86-89H,5-60H2,1-4H3,(H,72,81)(H,75,79)(H,77,90)/t62?,63?,64?,65-,67+,68-,69-,70+/m0/s1. The molecule has 0 aromatic carbocycles. The normalized spacial score (nSPS) is 14.4. The Bertz CT molecular complexity index is 1560. The van der Waals surface area contributed by atoms with E-state index in [1.807, 2.05) is 0 Å². The largest absolute Gasteiger partial charge is 0.394 e. The Balaban J connectivity index is 5.52. The van der Waals surface area contributed by atoms with E-state index in [-0.39, 0.29) is 73.2 Å². The number of aliphatic hydroxyl groups is 2. The summed E-state index contributed by atoms with van der Waals surface area (Å²) in [5, 5.41) is 38.7. The number of carbonyl (C=O) groups is 2. The maximum Gasteiger partial charge on any atom is 0.246 e. The van der Waals surface area contributed by atoms with Gasteiger partial charge in [0.2, 0.25) is 11.8 Å². The number of hydrogen-bond acceptors (Lipinski definition) is 17. The molecule has 0 rings (SSSR count). The monoisotopic (exact) mass is 1400 g/mol. The Morgan fingerprint density at radius 3 is 1.38 bits per heavy atom. The molecule has 0 bridgehead atoms. The molecule has 2 amide bonds. The van der Waals surface area contributed by atoms with Crippen molar-refractivity contribution in [2.24, 2.45) is 0 Å². The van der Waals surface area contributed by atoms with E-state index in [1.165, 1.54) is 251 Å². The van der Waals surface area contributed by atoms with E-state index in [0.717, 1.165) is 38.5 Å². The van der Waals surface area contributed by atoms with Gasteiger partial charge in [0.05, 0.1) is 73.5 Å². The number of amides is 2. The number of thiol groups is 4. The van der Waals surface area contributed by atoms with Crippen LogP contribution in [0, 0.1) is 0 Å².